The van der Waals surface area contributed by atoms with Crippen LogP contribution in [0.5, 0.6) is 0 Å². The highest BCUT2D eigenvalue weighted by Gasteiger charge is 2.41. The molecule has 200 valence electrons. The summed E-state index contributed by atoms with van der Waals surface area (Å²) >= 11 is 5.85. The summed E-state index contributed by atoms with van der Waals surface area (Å²) < 4.78 is 2.16. The molecule has 0 radical (unpaired) electrons. The van der Waals surface area contributed by atoms with Crippen LogP contribution >= 0.6 is 12.2 Å². The lowest BCUT2D eigenvalue weighted by atomic mass is 9.96. The number of nitrogens with one attached hydrogen (secondary N) is 2. The number of fused-ring (bicyclic) bond motifs is 1. The van der Waals surface area contributed by atoms with Crippen molar-refractivity contribution >= 4 is 39.7 Å². The fourth-order valence-electron chi connectivity index (χ4n) is 5.68. The number of thiocarbonyl (C=S) groups is 1. The van der Waals surface area contributed by atoms with Gasteiger partial charge in [-0.25, -0.2) is 4.98 Å². The summed E-state index contributed by atoms with van der Waals surface area (Å²) in [6.45, 7) is 4.66. The number of carbonyl (C=O) groups is 1. The first-order valence-corrected chi connectivity index (χ1v) is 13.8. The summed E-state index contributed by atoms with van der Waals surface area (Å²) in [5, 5.41) is 9.34. The van der Waals surface area contributed by atoms with E-state index in [4.69, 9.17) is 12.2 Å². The SMILES string of the molecule is Cc1cc([C@H]2[C@@H](c3ccccn3)NC(=S)N2CCC(=O)Nc2cccc3ccccc23)c(C)n1-c1ccccn1. The highest BCUT2D eigenvalue weighted by atomic mass is 32.1. The number of hydrogen-bond acceptors (Lipinski definition) is 4. The van der Waals surface area contributed by atoms with Crippen LogP contribution < -0.4 is 10.6 Å². The summed E-state index contributed by atoms with van der Waals surface area (Å²) in [7, 11) is 0. The smallest absolute Gasteiger partial charge is 0.226 e. The average Bonchev–Trinajstić information content (AvgIpc) is 3.47. The van der Waals surface area contributed by atoms with Crippen molar-refractivity contribution in [2.75, 3.05) is 11.9 Å². The maximum atomic E-state index is 13.2. The van der Waals surface area contributed by atoms with Gasteiger partial charge in [-0.1, -0.05) is 48.5 Å². The van der Waals surface area contributed by atoms with Crippen LogP contribution in [0.3, 0.4) is 0 Å². The van der Waals surface area contributed by atoms with Crippen LogP contribution in [0.15, 0.2) is 97.3 Å². The van der Waals surface area contributed by atoms with Crippen molar-refractivity contribution in [3.05, 3.63) is 120 Å². The Morgan fingerprint density at radius 2 is 1.70 bits per heavy atom. The van der Waals surface area contributed by atoms with Gasteiger partial charge in [0.1, 0.15) is 5.82 Å². The van der Waals surface area contributed by atoms with Crippen molar-refractivity contribution in [1.82, 2.24) is 24.8 Å². The van der Waals surface area contributed by atoms with Gasteiger partial charge in [0.05, 0.1) is 17.8 Å². The van der Waals surface area contributed by atoms with E-state index in [-0.39, 0.29) is 24.4 Å². The van der Waals surface area contributed by atoms with Gasteiger partial charge in [-0.15, -0.1) is 0 Å². The van der Waals surface area contributed by atoms with Crippen LogP contribution in [0.1, 0.15) is 41.1 Å². The molecule has 1 aliphatic heterocycles. The lowest BCUT2D eigenvalue weighted by Gasteiger charge is -2.28. The number of aromatic nitrogens is 3. The molecule has 2 aromatic carbocycles. The van der Waals surface area contributed by atoms with Crippen LogP contribution in [0, 0.1) is 13.8 Å². The molecule has 6 rings (SSSR count). The van der Waals surface area contributed by atoms with Crippen molar-refractivity contribution in [2.45, 2.75) is 32.4 Å². The molecule has 40 heavy (non-hydrogen) atoms. The van der Waals surface area contributed by atoms with Gasteiger partial charge in [-0.05, 0) is 73.4 Å². The van der Waals surface area contributed by atoms with Crippen molar-refractivity contribution in [3.63, 3.8) is 0 Å². The van der Waals surface area contributed by atoms with Gasteiger partial charge in [0.25, 0.3) is 0 Å². The van der Waals surface area contributed by atoms with Crippen molar-refractivity contribution < 1.29 is 4.79 Å². The molecule has 0 unspecified atom stereocenters. The molecule has 0 bridgehead atoms. The summed E-state index contributed by atoms with van der Waals surface area (Å²) in [5.74, 6) is 0.811. The second kappa shape index (κ2) is 10.9. The minimum atomic E-state index is -0.160. The molecule has 1 aliphatic rings. The first-order valence-electron chi connectivity index (χ1n) is 13.4. The van der Waals surface area contributed by atoms with Gasteiger partial charge in [0.2, 0.25) is 5.91 Å². The average molecular weight is 547 g/mol. The van der Waals surface area contributed by atoms with Gasteiger partial charge >= 0.3 is 0 Å². The summed E-state index contributed by atoms with van der Waals surface area (Å²) in [6, 6.07) is 27.7. The lowest BCUT2D eigenvalue weighted by molar-refractivity contribution is -0.116. The van der Waals surface area contributed by atoms with E-state index in [0.717, 1.165) is 44.9 Å². The summed E-state index contributed by atoms with van der Waals surface area (Å²) in [4.78, 5) is 24.6. The molecule has 1 amide bonds. The van der Waals surface area contributed by atoms with Crippen molar-refractivity contribution in [3.8, 4) is 5.82 Å². The van der Waals surface area contributed by atoms with Crippen LogP contribution in [0.2, 0.25) is 0 Å². The Kier molecular flexibility index (Phi) is 7.00. The Bertz CT molecular complexity index is 1680. The number of carbonyl (C=O) groups excluding carboxylic acids is 1. The molecule has 1 fully saturated rings. The topological polar surface area (TPSA) is 75.1 Å². The Morgan fingerprint density at radius 3 is 2.48 bits per heavy atom. The predicted molar refractivity (Wildman–Crippen MR) is 162 cm³/mol. The molecular formula is C32H30N6OS. The molecule has 2 atom stereocenters. The molecule has 0 spiro atoms. The lowest BCUT2D eigenvalue weighted by Crippen LogP contribution is -2.33. The highest BCUT2D eigenvalue weighted by Crippen LogP contribution is 2.41. The van der Waals surface area contributed by atoms with Crippen LogP contribution in [0.25, 0.3) is 16.6 Å². The van der Waals surface area contributed by atoms with Crippen LogP contribution in [-0.2, 0) is 4.79 Å². The maximum Gasteiger partial charge on any atom is 0.226 e. The zero-order chi connectivity index (χ0) is 27.6. The van der Waals surface area contributed by atoms with Gasteiger partial charge < -0.3 is 20.1 Å². The molecule has 2 N–H and O–H groups in total. The quantitative estimate of drug-likeness (QED) is 0.243. The number of nitrogens with zero attached hydrogens (tertiary/aromatic N) is 4. The Balaban J connectivity index is 1.30. The molecule has 5 aromatic rings. The normalized spacial score (nSPS) is 16.8. The molecule has 0 aliphatic carbocycles. The van der Waals surface area contributed by atoms with E-state index in [1.807, 2.05) is 78.9 Å². The Morgan fingerprint density at radius 1 is 0.950 bits per heavy atom. The van der Waals surface area contributed by atoms with Crippen molar-refractivity contribution in [1.29, 1.82) is 0 Å². The van der Waals surface area contributed by atoms with Crippen LogP contribution in [-0.4, -0.2) is 37.0 Å². The number of amides is 1. The van der Waals surface area contributed by atoms with E-state index in [0.29, 0.717) is 11.7 Å². The fourth-order valence-corrected chi connectivity index (χ4v) is 6.01. The van der Waals surface area contributed by atoms with E-state index in [1.54, 1.807) is 12.4 Å². The first kappa shape index (κ1) is 25.7. The standard InChI is InChI=1S/C32H30N6OS/c1-21-20-25(22(2)38(21)28-15-6-8-18-34-28)31-30(27-13-5-7-17-33-27)36-32(40)37(31)19-16-29(39)35-26-14-9-11-23-10-3-4-12-24(23)26/h3-15,17-18,20,30-31H,16,19H2,1-2H3,(H,35,39)(H,36,40)/t30-,31+/m1/s1. The highest BCUT2D eigenvalue weighted by molar-refractivity contribution is 7.80. The summed E-state index contributed by atoms with van der Waals surface area (Å²) in [5.41, 5.74) is 5.00. The van der Waals surface area contributed by atoms with Gasteiger partial charge in [0.15, 0.2) is 5.11 Å². The van der Waals surface area contributed by atoms with Crippen molar-refractivity contribution in [2.24, 2.45) is 0 Å². The third kappa shape index (κ3) is 4.82. The largest absolute Gasteiger partial charge is 0.352 e. The van der Waals surface area contributed by atoms with E-state index in [1.165, 1.54) is 0 Å². The van der Waals surface area contributed by atoms with Gasteiger partial charge in [-0.3, -0.25) is 9.78 Å². The zero-order valence-electron chi connectivity index (χ0n) is 22.4. The number of rotatable bonds is 7. The molecule has 3 aromatic heterocycles. The molecular weight excluding hydrogens is 516 g/mol. The fraction of sp³-hybridized carbons (Fsp3) is 0.188. The van der Waals surface area contributed by atoms with Crippen LogP contribution in [0.4, 0.5) is 5.69 Å². The van der Waals surface area contributed by atoms with E-state index in [2.05, 4.69) is 50.0 Å². The minimum absolute atomic E-state index is 0.0573. The number of anilines is 1. The third-order valence-corrected chi connectivity index (χ3v) is 7.86. The third-order valence-electron chi connectivity index (χ3n) is 7.51. The summed E-state index contributed by atoms with van der Waals surface area (Å²) in [6.07, 6.45) is 3.89. The minimum Gasteiger partial charge on any atom is -0.352 e. The molecule has 7 nitrogen and oxygen atoms in total. The number of benzene rings is 2. The maximum absolute atomic E-state index is 13.2. The predicted octanol–water partition coefficient (Wildman–Crippen LogP) is 6.04. The van der Waals surface area contributed by atoms with Gasteiger partial charge in [-0.2, -0.15) is 0 Å². The molecule has 1 saturated heterocycles. The number of aryl methyl sites for hydroxylation is 1. The first-order chi connectivity index (χ1) is 19.5. The van der Waals surface area contributed by atoms with E-state index in [9.17, 15) is 4.79 Å². The van der Waals surface area contributed by atoms with E-state index < -0.39 is 0 Å². The van der Waals surface area contributed by atoms with Gasteiger partial charge in [0, 0.05) is 47.8 Å². The molecule has 8 heteroatoms. The molecule has 0 saturated carbocycles. The Labute approximate surface area is 238 Å². The monoisotopic (exact) mass is 546 g/mol. The Hall–Kier alpha value is -4.56. The molecule has 4 heterocycles. The number of hydrogen-bond donors (Lipinski definition) is 2. The number of pyridine rings is 2. The second-order valence-corrected chi connectivity index (χ2v) is 10.4. The van der Waals surface area contributed by atoms with E-state index >= 15 is 0 Å². The zero-order valence-corrected chi connectivity index (χ0v) is 23.2. The second-order valence-electron chi connectivity index (χ2n) is 9.99.